The molecule has 20 heavy (non-hydrogen) atoms. The molecule has 2 rings (SSSR count). The molecule has 0 amide bonds. The summed E-state index contributed by atoms with van der Waals surface area (Å²) in [5.74, 6) is 0. The minimum atomic E-state index is -0.219. The van der Waals surface area contributed by atoms with Crippen molar-refractivity contribution in [3.8, 4) is 0 Å². The highest BCUT2D eigenvalue weighted by molar-refractivity contribution is 5.37. The average Bonchev–Trinajstić information content (AvgIpc) is 2.35. The number of rotatable bonds is 4. The van der Waals surface area contributed by atoms with Crippen molar-refractivity contribution in [2.75, 3.05) is 32.7 Å². The van der Waals surface area contributed by atoms with Gasteiger partial charge >= 0.3 is 0 Å². The molecule has 1 aliphatic heterocycles. The first kappa shape index (κ1) is 15.5. The summed E-state index contributed by atoms with van der Waals surface area (Å²) in [6.07, 6.45) is -0.219. The summed E-state index contributed by atoms with van der Waals surface area (Å²) in [4.78, 5) is 4.89. The molecule has 1 atom stereocenters. The van der Waals surface area contributed by atoms with Gasteiger partial charge < -0.3 is 5.11 Å². The molecule has 0 radical (unpaired) electrons. The second kappa shape index (κ2) is 6.70. The third kappa shape index (κ3) is 4.05. The molecule has 3 nitrogen and oxygen atoms in total. The van der Waals surface area contributed by atoms with Gasteiger partial charge in [-0.2, -0.15) is 0 Å². The minimum Gasteiger partial charge on any atom is -0.392 e. The molecule has 0 saturated carbocycles. The van der Waals surface area contributed by atoms with Crippen LogP contribution in [-0.2, 0) is 6.54 Å². The fourth-order valence-electron chi connectivity index (χ4n) is 3.19. The van der Waals surface area contributed by atoms with Gasteiger partial charge in [-0.25, -0.2) is 0 Å². The molecule has 1 aromatic carbocycles. The van der Waals surface area contributed by atoms with Crippen LogP contribution in [0.1, 0.15) is 29.2 Å². The van der Waals surface area contributed by atoms with Crippen molar-refractivity contribution in [3.05, 3.63) is 34.4 Å². The largest absolute Gasteiger partial charge is 0.392 e. The molecule has 1 heterocycles. The van der Waals surface area contributed by atoms with Gasteiger partial charge in [0, 0.05) is 39.3 Å². The number of hydrogen-bond donors (Lipinski definition) is 1. The molecule has 1 aromatic rings. The molecule has 1 unspecified atom stereocenters. The van der Waals surface area contributed by atoms with E-state index in [1.165, 1.54) is 22.3 Å². The molecule has 1 fully saturated rings. The van der Waals surface area contributed by atoms with E-state index in [4.69, 9.17) is 0 Å². The first-order chi connectivity index (χ1) is 9.45. The molecular formula is C17H28N2O. The van der Waals surface area contributed by atoms with Crippen LogP contribution in [0.15, 0.2) is 12.1 Å². The molecule has 112 valence electrons. The zero-order valence-electron chi connectivity index (χ0n) is 13.3. The topological polar surface area (TPSA) is 26.7 Å². The van der Waals surface area contributed by atoms with Crippen molar-refractivity contribution in [3.63, 3.8) is 0 Å². The summed E-state index contributed by atoms with van der Waals surface area (Å²) < 4.78 is 0. The van der Waals surface area contributed by atoms with Crippen molar-refractivity contribution in [1.29, 1.82) is 0 Å². The maximum atomic E-state index is 9.45. The highest BCUT2D eigenvalue weighted by Crippen LogP contribution is 2.19. The number of nitrogens with zero attached hydrogens (tertiary/aromatic N) is 2. The molecular weight excluding hydrogens is 248 g/mol. The van der Waals surface area contributed by atoms with Crippen molar-refractivity contribution >= 4 is 0 Å². The van der Waals surface area contributed by atoms with E-state index >= 15 is 0 Å². The van der Waals surface area contributed by atoms with Gasteiger partial charge in [-0.1, -0.05) is 17.7 Å². The lowest BCUT2D eigenvalue weighted by molar-refractivity contribution is 0.0779. The summed E-state index contributed by atoms with van der Waals surface area (Å²) >= 11 is 0. The number of aliphatic hydroxyl groups excluding tert-OH is 1. The number of piperazine rings is 1. The van der Waals surface area contributed by atoms with Gasteiger partial charge in [0.2, 0.25) is 0 Å². The Morgan fingerprint density at radius 2 is 1.50 bits per heavy atom. The van der Waals surface area contributed by atoms with Gasteiger partial charge in [-0.15, -0.1) is 0 Å². The van der Waals surface area contributed by atoms with E-state index in [-0.39, 0.29) is 6.10 Å². The van der Waals surface area contributed by atoms with E-state index in [1.54, 1.807) is 0 Å². The molecule has 0 spiro atoms. The van der Waals surface area contributed by atoms with Crippen molar-refractivity contribution in [2.45, 2.75) is 40.3 Å². The fourth-order valence-corrected chi connectivity index (χ4v) is 3.19. The maximum Gasteiger partial charge on any atom is 0.0639 e. The van der Waals surface area contributed by atoms with Gasteiger partial charge in [0.1, 0.15) is 0 Å². The van der Waals surface area contributed by atoms with Gasteiger partial charge in [0.25, 0.3) is 0 Å². The van der Waals surface area contributed by atoms with E-state index in [0.717, 1.165) is 39.3 Å². The lowest BCUT2D eigenvalue weighted by Gasteiger charge is -2.35. The van der Waals surface area contributed by atoms with Crippen LogP contribution in [0, 0.1) is 20.8 Å². The van der Waals surface area contributed by atoms with E-state index in [0.29, 0.717) is 0 Å². The predicted octanol–water partition coefficient (Wildman–Crippen LogP) is 2.11. The van der Waals surface area contributed by atoms with Crippen LogP contribution in [0.5, 0.6) is 0 Å². The lowest BCUT2D eigenvalue weighted by atomic mass is 9.99. The summed E-state index contributed by atoms with van der Waals surface area (Å²) in [6, 6.07) is 4.57. The Balaban J connectivity index is 1.93. The number of β-amino-alcohol motifs (C(OH)–C–C–N with tert-alkyl or cyclic N) is 1. The zero-order chi connectivity index (χ0) is 14.7. The Labute approximate surface area is 123 Å². The molecule has 1 N–H and O–H groups in total. The Hall–Kier alpha value is -0.900. The van der Waals surface area contributed by atoms with E-state index in [9.17, 15) is 5.11 Å². The highest BCUT2D eigenvalue weighted by Gasteiger charge is 2.19. The average molecular weight is 276 g/mol. The molecule has 0 aliphatic carbocycles. The third-order valence-corrected chi connectivity index (χ3v) is 4.21. The summed E-state index contributed by atoms with van der Waals surface area (Å²) in [6.45, 7) is 14.7. The number of hydrogen-bond acceptors (Lipinski definition) is 3. The second-order valence-electron chi connectivity index (χ2n) is 6.30. The summed E-state index contributed by atoms with van der Waals surface area (Å²) in [7, 11) is 0. The first-order valence-electron chi connectivity index (χ1n) is 7.65. The molecule has 1 saturated heterocycles. The quantitative estimate of drug-likeness (QED) is 0.912. The zero-order valence-corrected chi connectivity index (χ0v) is 13.3. The molecule has 1 aliphatic rings. The van der Waals surface area contributed by atoms with Crippen LogP contribution in [0.4, 0.5) is 0 Å². The molecule has 3 heteroatoms. The highest BCUT2D eigenvalue weighted by atomic mass is 16.3. The fraction of sp³-hybridized carbons (Fsp3) is 0.647. The SMILES string of the molecule is Cc1cc(C)c(CN2CCN(CC(C)O)CC2)c(C)c1. The van der Waals surface area contributed by atoms with Crippen LogP contribution in [0.2, 0.25) is 0 Å². The van der Waals surface area contributed by atoms with Gasteiger partial charge in [-0.3, -0.25) is 9.80 Å². The predicted molar refractivity (Wildman–Crippen MR) is 84.1 cm³/mol. The Bertz CT molecular complexity index is 425. The van der Waals surface area contributed by atoms with Crippen LogP contribution in [0.3, 0.4) is 0 Å². The van der Waals surface area contributed by atoms with Gasteiger partial charge in [-0.05, 0) is 44.4 Å². The summed E-state index contributed by atoms with van der Waals surface area (Å²) in [5, 5.41) is 9.45. The lowest BCUT2D eigenvalue weighted by Crippen LogP contribution is -2.47. The maximum absolute atomic E-state index is 9.45. The Morgan fingerprint density at radius 3 is 2.00 bits per heavy atom. The van der Waals surface area contributed by atoms with E-state index < -0.39 is 0 Å². The number of aliphatic hydroxyl groups is 1. The van der Waals surface area contributed by atoms with Crippen LogP contribution >= 0.6 is 0 Å². The van der Waals surface area contributed by atoms with Crippen LogP contribution in [-0.4, -0.2) is 53.7 Å². The molecule has 0 aromatic heterocycles. The third-order valence-electron chi connectivity index (χ3n) is 4.21. The molecule has 0 bridgehead atoms. The minimum absolute atomic E-state index is 0.219. The van der Waals surface area contributed by atoms with Crippen molar-refractivity contribution in [2.24, 2.45) is 0 Å². The smallest absolute Gasteiger partial charge is 0.0639 e. The van der Waals surface area contributed by atoms with E-state index in [1.807, 2.05) is 6.92 Å². The van der Waals surface area contributed by atoms with Gasteiger partial charge in [0.15, 0.2) is 0 Å². The normalized spacial score (nSPS) is 19.2. The second-order valence-corrected chi connectivity index (χ2v) is 6.30. The van der Waals surface area contributed by atoms with Crippen LogP contribution in [0.25, 0.3) is 0 Å². The van der Waals surface area contributed by atoms with Crippen molar-refractivity contribution < 1.29 is 5.11 Å². The summed E-state index contributed by atoms with van der Waals surface area (Å²) in [5.41, 5.74) is 5.66. The standard InChI is InChI=1S/C17H28N2O/c1-13-9-14(2)17(15(3)10-13)12-19-7-5-18(6-8-19)11-16(4)20/h9-10,16,20H,5-8,11-12H2,1-4H3. The Morgan fingerprint density at radius 1 is 1.00 bits per heavy atom. The Kier molecular flexibility index (Phi) is 5.19. The number of aryl methyl sites for hydroxylation is 3. The van der Waals surface area contributed by atoms with Crippen molar-refractivity contribution in [1.82, 2.24) is 9.80 Å². The number of benzene rings is 1. The first-order valence-corrected chi connectivity index (χ1v) is 7.65. The van der Waals surface area contributed by atoms with Gasteiger partial charge in [0.05, 0.1) is 6.10 Å². The monoisotopic (exact) mass is 276 g/mol. The van der Waals surface area contributed by atoms with E-state index in [2.05, 4.69) is 42.7 Å². The van der Waals surface area contributed by atoms with Crippen LogP contribution < -0.4 is 0 Å².